The van der Waals surface area contributed by atoms with Gasteiger partial charge in [-0.25, -0.2) is 0 Å². The Balaban J connectivity index is 1.79. The van der Waals surface area contributed by atoms with Gasteiger partial charge in [-0.15, -0.1) is 0 Å². The SMILES string of the molecule is COc1ccc(CCC(N)Cc2ccco2)cc1. The summed E-state index contributed by atoms with van der Waals surface area (Å²) in [5.74, 6) is 1.84. The van der Waals surface area contributed by atoms with E-state index < -0.39 is 0 Å². The number of ether oxygens (including phenoxy) is 1. The lowest BCUT2D eigenvalue weighted by Gasteiger charge is -2.10. The van der Waals surface area contributed by atoms with Gasteiger partial charge in [-0.1, -0.05) is 12.1 Å². The van der Waals surface area contributed by atoms with Crippen LogP contribution in [0.5, 0.6) is 5.75 Å². The Morgan fingerprint density at radius 1 is 1.22 bits per heavy atom. The van der Waals surface area contributed by atoms with Gasteiger partial charge in [-0.2, -0.15) is 0 Å². The Hall–Kier alpha value is -1.74. The van der Waals surface area contributed by atoms with Crippen LogP contribution in [-0.2, 0) is 12.8 Å². The molecule has 2 N–H and O–H groups in total. The number of nitrogens with two attached hydrogens (primary N) is 1. The minimum atomic E-state index is 0.137. The number of hydrogen-bond donors (Lipinski definition) is 1. The van der Waals surface area contributed by atoms with E-state index in [9.17, 15) is 0 Å². The average Bonchev–Trinajstić information content (AvgIpc) is 2.90. The van der Waals surface area contributed by atoms with Gasteiger partial charge >= 0.3 is 0 Å². The summed E-state index contributed by atoms with van der Waals surface area (Å²) < 4.78 is 10.4. The van der Waals surface area contributed by atoms with E-state index in [1.54, 1.807) is 13.4 Å². The van der Waals surface area contributed by atoms with Gasteiger partial charge in [0.15, 0.2) is 0 Å². The van der Waals surface area contributed by atoms with Crippen LogP contribution in [-0.4, -0.2) is 13.2 Å². The van der Waals surface area contributed by atoms with Gasteiger partial charge in [0.25, 0.3) is 0 Å². The molecule has 3 nitrogen and oxygen atoms in total. The first-order valence-electron chi connectivity index (χ1n) is 6.19. The van der Waals surface area contributed by atoms with E-state index in [0.29, 0.717) is 0 Å². The van der Waals surface area contributed by atoms with Crippen molar-refractivity contribution in [2.75, 3.05) is 7.11 Å². The topological polar surface area (TPSA) is 48.4 Å². The number of hydrogen-bond acceptors (Lipinski definition) is 3. The first-order valence-corrected chi connectivity index (χ1v) is 6.19. The Morgan fingerprint density at radius 2 is 2.00 bits per heavy atom. The highest BCUT2D eigenvalue weighted by molar-refractivity contribution is 5.27. The summed E-state index contributed by atoms with van der Waals surface area (Å²) in [6, 6.07) is 12.1. The van der Waals surface area contributed by atoms with E-state index in [2.05, 4.69) is 12.1 Å². The smallest absolute Gasteiger partial charge is 0.118 e. The number of aryl methyl sites for hydroxylation is 1. The molecule has 0 amide bonds. The molecule has 0 spiro atoms. The van der Waals surface area contributed by atoms with E-state index in [-0.39, 0.29) is 6.04 Å². The minimum absolute atomic E-state index is 0.137. The lowest BCUT2D eigenvalue weighted by molar-refractivity contribution is 0.414. The molecule has 0 bridgehead atoms. The van der Waals surface area contributed by atoms with Crippen LogP contribution >= 0.6 is 0 Å². The molecule has 0 aliphatic heterocycles. The fourth-order valence-corrected chi connectivity index (χ4v) is 1.93. The van der Waals surface area contributed by atoms with E-state index >= 15 is 0 Å². The largest absolute Gasteiger partial charge is 0.497 e. The first-order chi connectivity index (χ1) is 8.78. The molecule has 1 unspecified atom stereocenters. The van der Waals surface area contributed by atoms with Crippen LogP contribution in [0.3, 0.4) is 0 Å². The fraction of sp³-hybridized carbons (Fsp3) is 0.333. The molecule has 2 aromatic rings. The molecule has 1 aromatic carbocycles. The molecule has 0 saturated heterocycles. The number of furan rings is 1. The van der Waals surface area contributed by atoms with Crippen LogP contribution in [0.15, 0.2) is 47.1 Å². The van der Waals surface area contributed by atoms with Gasteiger partial charge in [-0.3, -0.25) is 0 Å². The highest BCUT2D eigenvalue weighted by Gasteiger charge is 2.06. The Morgan fingerprint density at radius 3 is 2.61 bits per heavy atom. The van der Waals surface area contributed by atoms with Gasteiger partial charge in [0, 0.05) is 12.5 Å². The van der Waals surface area contributed by atoms with Crippen molar-refractivity contribution in [3.8, 4) is 5.75 Å². The quantitative estimate of drug-likeness (QED) is 0.851. The summed E-state index contributed by atoms with van der Waals surface area (Å²) in [5.41, 5.74) is 7.37. The van der Waals surface area contributed by atoms with Gasteiger partial charge in [0.05, 0.1) is 13.4 Å². The molecule has 96 valence electrons. The summed E-state index contributed by atoms with van der Waals surface area (Å²) in [7, 11) is 1.67. The molecule has 0 radical (unpaired) electrons. The highest BCUT2D eigenvalue weighted by atomic mass is 16.5. The molecule has 2 rings (SSSR count). The molecular formula is C15H19NO2. The van der Waals surface area contributed by atoms with Crippen molar-refractivity contribution >= 4 is 0 Å². The molecule has 1 aromatic heterocycles. The molecule has 0 fully saturated rings. The van der Waals surface area contributed by atoms with Gasteiger partial charge in [0.2, 0.25) is 0 Å². The van der Waals surface area contributed by atoms with Crippen molar-refractivity contribution in [2.24, 2.45) is 5.73 Å². The summed E-state index contributed by atoms with van der Waals surface area (Å²) in [6.07, 6.45) is 4.41. The predicted octanol–water partition coefficient (Wildman–Crippen LogP) is 2.79. The van der Waals surface area contributed by atoms with Gasteiger partial charge in [0.1, 0.15) is 11.5 Å². The second-order valence-corrected chi connectivity index (χ2v) is 4.43. The predicted molar refractivity (Wildman–Crippen MR) is 71.7 cm³/mol. The standard InChI is InChI=1S/C15H19NO2/c1-17-14-8-5-12(6-9-14)4-7-13(16)11-15-3-2-10-18-15/h2-3,5-6,8-10,13H,4,7,11,16H2,1H3. The first kappa shape index (κ1) is 12.7. The molecule has 0 aliphatic carbocycles. The normalized spacial score (nSPS) is 12.3. The Labute approximate surface area is 108 Å². The van der Waals surface area contributed by atoms with Crippen LogP contribution < -0.4 is 10.5 Å². The van der Waals surface area contributed by atoms with Crippen molar-refractivity contribution in [2.45, 2.75) is 25.3 Å². The summed E-state index contributed by atoms with van der Waals surface area (Å²) in [5, 5.41) is 0. The van der Waals surface area contributed by atoms with Crippen LogP contribution in [0.4, 0.5) is 0 Å². The molecular weight excluding hydrogens is 226 g/mol. The maximum Gasteiger partial charge on any atom is 0.118 e. The third-order valence-corrected chi connectivity index (χ3v) is 3.01. The monoisotopic (exact) mass is 245 g/mol. The van der Waals surface area contributed by atoms with Crippen molar-refractivity contribution < 1.29 is 9.15 Å². The van der Waals surface area contributed by atoms with Crippen molar-refractivity contribution in [1.29, 1.82) is 0 Å². The average molecular weight is 245 g/mol. The van der Waals surface area contributed by atoms with Crippen LogP contribution in [0.1, 0.15) is 17.7 Å². The zero-order valence-corrected chi connectivity index (χ0v) is 10.6. The molecule has 1 heterocycles. The molecule has 0 aliphatic rings. The lowest BCUT2D eigenvalue weighted by Crippen LogP contribution is -2.23. The second-order valence-electron chi connectivity index (χ2n) is 4.43. The molecule has 3 heteroatoms. The zero-order chi connectivity index (χ0) is 12.8. The van der Waals surface area contributed by atoms with Crippen molar-refractivity contribution in [1.82, 2.24) is 0 Å². The van der Waals surface area contributed by atoms with Crippen LogP contribution in [0.25, 0.3) is 0 Å². The van der Waals surface area contributed by atoms with Crippen LogP contribution in [0, 0.1) is 0 Å². The zero-order valence-electron chi connectivity index (χ0n) is 10.6. The third-order valence-electron chi connectivity index (χ3n) is 3.01. The van der Waals surface area contributed by atoms with E-state index in [1.807, 2.05) is 24.3 Å². The van der Waals surface area contributed by atoms with Crippen molar-refractivity contribution in [3.63, 3.8) is 0 Å². The summed E-state index contributed by atoms with van der Waals surface area (Å²) in [6.45, 7) is 0. The minimum Gasteiger partial charge on any atom is -0.497 e. The lowest BCUT2D eigenvalue weighted by atomic mass is 10.0. The maximum absolute atomic E-state index is 6.08. The summed E-state index contributed by atoms with van der Waals surface area (Å²) in [4.78, 5) is 0. The Bertz CT molecular complexity index is 448. The maximum atomic E-state index is 6.08. The molecule has 1 atom stereocenters. The van der Waals surface area contributed by atoms with Gasteiger partial charge < -0.3 is 14.9 Å². The highest BCUT2D eigenvalue weighted by Crippen LogP contribution is 2.14. The van der Waals surface area contributed by atoms with E-state index in [0.717, 1.165) is 30.8 Å². The number of benzene rings is 1. The van der Waals surface area contributed by atoms with Crippen LogP contribution in [0.2, 0.25) is 0 Å². The summed E-state index contributed by atoms with van der Waals surface area (Å²) >= 11 is 0. The van der Waals surface area contributed by atoms with E-state index in [4.69, 9.17) is 14.9 Å². The number of rotatable bonds is 6. The fourth-order valence-electron chi connectivity index (χ4n) is 1.93. The third kappa shape index (κ3) is 3.64. The number of methoxy groups -OCH3 is 1. The van der Waals surface area contributed by atoms with Gasteiger partial charge in [-0.05, 0) is 42.7 Å². The second kappa shape index (κ2) is 6.26. The van der Waals surface area contributed by atoms with E-state index in [1.165, 1.54) is 5.56 Å². The molecule has 18 heavy (non-hydrogen) atoms. The Kier molecular flexibility index (Phi) is 4.42. The molecule has 0 saturated carbocycles. The van der Waals surface area contributed by atoms with Crippen molar-refractivity contribution in [3.05, 3.63) is 54.0 Å².